The summed E-state index contributed by atoms with van der Waals surface area (Å²) >= 11 is 0. The van der Waals surface area contributed by atoms with Gasteiger partial charge in [0.1, 0.15) is 5.78 Å². The maximum absolute atomic E-state index is 11.2. The number of Topliss-reactive ketones (excluding diaryl/α,β-unsaturated/α-hetero) is 1. The molecule has 1 aliphatic carbocycles. The van der Waals surface area contributed by atoms with E-state index in [1.807, 2.05) is 0 Å². The Morgan fingerprint density at radius 1 is 1.38 bits per heavy atom. The third kappa shape index (κ3) is 5.37. The number of carbonyl (C=O) groups is 1. The molecule has 0 heterocycles. The molecule has 3 heteroatoms. The smallest absolute Gasteiger partial charge is 0.192 e. The van der Waals surface area contributed by atoms with E-state index in [1.54, 1.807) is 6.92 Å². The minimum absolute atomic E-state index is 0.246. The van der Waals surface area contributed by atoms with Crippen LogP contribution in [0.3, 0.4) is 0 Å². The van der Waals surface area contributed by atoms with Gasteiger partial charge in [-0.05, 0) is 57.2 Å². The molecule has 0 N–H and O–H groups in total. The molecule has 2 nitrogen and oxygen atoms in total. The Kier molecular flexibility index (Phi) is 6.42. The minimum Gasteiger partial charge on any atom is -0.413 e. The van der Waals surface area contributed by atoms with Crippen LogP contribution in [-0.2, 0) is 9.22 Å². The highest BCUT2D eigenvalue weighted by atomic mass is 28.4. The molecule has 0 aromatic rings. The first-order chi connectivity index (χ1) is 9.54. The summed E-state index contributed by atoms with van der Waals surface area (Å²) in [6, 6.07) is 0. The molecule has 0 aliphatic heterocycles. The van der Waals surface area contributed by atoms with Crippen molar-refractivity contribution in [3.63, 3.8) is 0 Å². The molecule has 0 spiro atoms. The zero-order valence-electron chi connectivity index (χ0n) is 14.9. The summed E-state index contributed by atoms with van der Waals surface area (Å²) in [5.74, 6) is 0.741. The molecule has 0 aromatic carbocycles. The van der Waals surface area contributed by atoms with Crippen LogP contribution in [0.1, 0.15) is 66.2 Å². The molecule has 0 unspecified atom stereocenters. The summed E-state index contributed by atoms with van der Waals surface area (Å²) in [6.45, 7) is 17.5. The Labute approximate surface area is 132 Å². The molecule has 21 heavy (non-hydrogen) atoms. The van der Waals surface area contributed by atoms with Crippen molar-refractivity contribution in [2.75, 3.05) is 0 Å². The van der Waals surface area contributed by atoms with Gasteiger partial charge in [-0.25, -0.2) is 0 Å². The van der Waals surface area contributed by atoms with E-state index in [2.05, 4.69) is 40.4 Å². The second-order valence-corrected chi connectivity index (χ2v) is 12.9. The largest absolute Gasteiger partial charge is 0.413 e. The Bertz CT molecular complexity index is 379. The molecule has 1 rings (SSSR count). The van der Waals surface area contributed by atoms with Gasteiger partial charge in [0.15, 0.2) is 8.32 Å². The van der Waals surface area contributed by atoms with Gasteiger partial charge in [0, 0.05) is 12.3 Å². The highest BCUT2D eigenvalue weighted by molar-refractivity contribution is 6.74. The van der Waals surface area contributed by atoms with Crippen LogP contribution in [0.25, 0.3) is 0 Å². The van der Waals surface area contributed by atoms with E-state index in [1.165, 1.54) is 12.0 Å². The Morgan fingerprint density at radius 3 is 2.52 bits per heavy atom. The van der Waals surface area contributed by atoms with Crippen LogP contribution < -0.4 is 0 Å². The molecular formula is C18H34O2Si. The lowest BCUT2D eigenvalue weighted by molar-refractivity contribution is -0.117. The maximum atomic E-state index is 11.2. The quantitative estimate of drug-likeness (QED) is 0.479. The van der Waals surface area contributed by atoms with Crippen molar-refractivity contribution in [3.05, 3.63) is 12.2 Å². The first kappa shape index (κ1) is 18.6. The zero-order chi connectivity index (χ0) is 16.3. The fourth-order valence-electron chi connectivity index (χ4n) is 2.84. The van der Waals surface area contributed by atoms with Crippen LogP contribution in [0.5, 0.6) is 0 Å². The third-order valence-corrected chi connectivity index (χ3v) is 9.76. The summed E-state index contributed by atoms with van der Waals surface area (Å²) in [4.78, 5) is 11.2. The molecule has 0 amide bonds. The average Bonchev–Trinajstić information content (AvgIpc) is 2.30. The lowest BCUT2D eigenvalue weighted by Gasteiger charge is -2.43. The van der Waals surface area contributed by atoms with Gasteiger partial charge in [0.25, 0.3) is 0 Å². The van der Waals surface area contributed by atoms with Crippen LogP contribution in [0.15, 0.2) is 12.2 Å². The molecule has 1 aliphatic rings. The summed E-state index contributed by atoms with van der Waals surface area (Å²) in [5.41, 5.74) is 1.34. The molecule has 1 saturated carbocycles. The SMILES string of the molecule is C=C1CCC[C@H](O[Si](C)(C)C(C)(C)C)[C@@H]1CCCC(C)=O. The first-order valence-electron chi connectivity index (χ1n) is 8.39. The van der Waals surface area contributed by atoms with Gasteiger partial charge < -0.3 is 9.22 Å². The second-order valence-electron chi connectivity index (χ2n) is 8.17. The van der Waals surface area contributed by atoms with Crippen LogP contribution in [0.4, 0.5) is 0 Å². The van der Waals surface area contributed by atoms with Crippen molar-refractivity contribution in [2.45, 2.75) is 90.5 Å². The van der Waals surface area contributed by atoms with Crippen LogP contribution in [-0.4, -0.2) is 20.2 Å². The lowest BCUT2D eigenvalue weighted by atomic mass is 9.80. The number of rotatable bonds is 6. The van der Waals surface area contributed by atoms with Gasteiger partial charge in [-0.2, -0.15) is 0 Å². The molecular weight excluding hydrogens is 276 g/mol. The van der Waals surface area contributed by atoms with Gasteiger partial charge in [-0.1, -0.05) is 32.9 Å². The predicted octanol–water partition coefficient (Wildman–Crippen LogP) is 5.49. The van der Waals surface area contributed by atoms with E-state index in [4.69, 9.17) is 4.43 Å². The minimum atomic E-state index is -1.73. The molecule has 0 radical (unpaired) electrons. The van der Waals surface area contributed by atoms with E-state index in [0.717, 1.165) is 25.7 Å². The maximum Gasteiger partial charge on any atom is 0.192 e. The lowest BCUT2D eigenvalue weighted by Crippen LogP contribution is -2.46. The first-order valence-corrected chi connectivity index (χ1v) is 11.3. The van der Waals surface area contributed by atoms with E-state index < -0.39 is 8.32 Å². The molecule has 0 saturated heterocycles. The third-order valence-electron chi connectivity index (χ3n) is 5.26. The van der Waals surface area contributed by atoms with Crippen molar-refractivity contribution < 1.29 is 9.22 Å². The fraction of sp³-hybridized carbons (Fsp3) is 0.833. The van der Waals surface area contributed by atoms with Crippen LogP contribution >= 0.6 is 0 Å². The monoisotopic (exact) mass is 310 g/mol. The normalized spacial score (nSPS) is 24.2. The van der Waals surface area contributed by atoms with Gasteiger partial charge >= 0.3 is 0 Å². The highest BCUT2D eigenvalue weighted by Crippen LogP contribution is 2.42. The Morgan fingerprint density at radius 2 is 2.00 bits per heavy atom. The van der Waals surface area contributed by atoms with Gasteiger partial charge in [-0.15, -0.1) is 0 Å². The molecule has 1 fully saturated rings. The summed E-state index contributed by atoms with van der Waals surface area (Å²) < 4.78 is 6.68. The highest BCUT2D eigenvalue weighted by Gasteiger charge is 2.41. The van der Waals surface area contributed by atoms with E-state index in [9.17, 15) is 4.79 Å². The van der Waals surface area contributed by atoms with Gasteiger partial charge in [-0.3, -0.25) is 0 Å². The van der Waals surface area contributed by atoms with Crippen molar-refractivity contribution in [1.29, 1.82) is 0 Å². The molecule has 0 bridgehead atoms. The van der Waals surface area contributed by atoms with Gasteiger partial charge in [0.05, 0.1) is 6.10 Å². The van der Waals surface area contributed by atoms with E-state index >= 15 is 0 Å². The van der Waals surface area contributed by atoms with Crippen molar-refractivity contribution in [1.82, 2.24) is 0 Å². The topological polar surface area (TPSA) is 26.3 Å². The van der Waals surface area contributed by atoms with E-state index in [0.29, 0.717) is 24.2 Å². The number of carbonyl (C=O) groups excluding carboxylic acids is 1. The number of ketones is 1. The summed E-state index contributed by atoms with van der Waals surface area (Å²) in [5, 5.41) is 0.246. The van der Waals surface area contributed by atoms with Gasteiger partial charge in [0.2, 0.25) is 0 Å². The number of hydrogen-bond donors (Lipinski definition) is 0. The van der Waals surface area contributed by atoms with Crippen molar-refractivity contribution in [2.24, 2.45) is 5.92 Å². The summed E-state index contributed by atoms with van der Waals surface area (Å²) in [7, 11) is -1.73. The van der Waals surface area contributed by atoms with Crippen molar-refractivity contribution in [3.8, 4) is 0 Å². The van der Waals surface area contributed by atoms with E-state index in [-0.39, 0.29) is 5.04 Å². The fourth-order valence-corrected chi connectivity index (χ4v) is 4.23. The zero-order valence-corrected chi connectivity index (χ0v) is 15.9. The molecule has 2 atom stereocenters. The Hall–Kier alpha value is -0.413. The van der Waals surface area contributed by atoms with Crippen molar-refractivity contribution >= 4 is 14.1 Å². The molecule has 122 valence electrons. The van der Waals surface area contributed by atoms with Crippen LogP contribution in [0.2, 0.25) is 18.1 Å². The predicted molar refractivity (Wildman–Crippen MR) is 93.1 cm³/mol. The van der Waals surface area contributed by atoms with Crippen LogP contribution in [0, 0.1) is 5.92 Å². The standard InChI is InChI=1S/C18H34O2Si/c1-14-10-8-13-17(16(14)12-9-11-15(2)19)20-21(6,7)18(3,4)5/h16-17H,1,8-13H2,2-7H3/t16-,17+/m1/s1. The summed E-state index contributed by atoms with van der Waals surface area (Å²) in [6.07, 6.45) is 6.50. The number of hydrogen-bond acceptors (Lipinski definition) is 2. The molecule has 0 aromatic heterocycles. The Balaban J connectivity index is 2.72. The second kappa shape index (κ2) is 7.23. The average molecular weight is 311 g/mol.